The van der Waals surface area contributed by atoms with E-state index in [4.69, 9.17) is 9.15 Å². The van der Waals surface area contributed by atoms with Crippen LogP contribution in [0.2, 0.25) is 0 Å². The van der Waals surface area contributed by atoms with E-state index in [9.17, 15) is 4.79 Å². The van der Waals surface area contributed by atoms with Crippen molar-refractivity contribution < 1.29 is 13.9 Å². The Balaban J connectivity index is 1.94. The van der Waals surface area contributed by atoms with Crippen molar-refractivity contribution in [3.63, 3.8) is 0 Å². The summed E-state index contributed by atoms with van der Waals surface area (Å²) in [7, 11) is 0. The summed E-state index contributed by atoms with van der Waals surface area (Å²) in [5.74, 6) is 0.552. The molecule has 0 radical (unpaired) electrons. The van der Waals surface area contributed by atoms with Crippen LogP contribution in [0.3, 0.4) is 0 Å². The SMILES string of the molecule is CCN1CCC(NC(=O)c2oc(COC(C)(C)C)nc2C)C1. The highest BCUT2D eigenvalue weighted by Gasteiger charge is 2.26. The molecule has 0 aromatic carbocycles. The Morgan fingerprint density at radius 3 is 2.82 bits per heavy atom. The van der Waals surface area contributed by atoms with Crippen LogP contribution in [0, 0.1) is 6.92 Å². The summed E-state index contributed by atoms with van der Waals surface area (Å²) in [5, 5.41) is 3.03. The molecule has 124 valence electrons. The first kappa shape index (κ1) is 17.0. The number of hydrogen-bond acceptors (Lipinski definition) is 5. The summed E-state index contributed by atoms with van der Waals surface area (Å²) in [6.45, 7) is 13.0. The lowest BCUT2D eigenvalue weighted by Crippen LogP contribution is -2.37. The largest absolute Gasteiger partial charge is 0.433 e. The van der Waals surface area contributed by atoms with Crippen molar-refractivity contribution in [2.24, 2.45) is 0 Å². The first-order valence-electron chi connectivity index (χ1n) is 7.92. The molecule has 1 saturated heterocycles. The maximum absolute atomic E-state index is 12.3. The third-order valence-electron chi connectivity index (χ3n) is 3.73. The molecule has 1 atom stereocenters. The summed E-state index contributed by atoms with van der Waals surface area (Å²) in [4.78, 5) is 18.9. The van der Waals surface area contributed by atoms with Crippen molar-refractivity contribution in [3.8, 4) is 0 Å². The average molecular weight is 309 g/mol. The van der Waals surface area contributed by atoms with Gasteiger partial charge in [-0.15, -0.1) is 0 Å². The topological polar surface area (TPSA) is 67.6 Å². The van der Waals surface area contributed by atoms with Gasteiger partial charge in [-0.05, 0) is 40.7 Å². The average Bonchev–Trinajstić information content (AvgIpc) is 3.02. The number of carbonyl (C=O) groups is 1. The number of likely N-dealkylation sites (N-methyl/N-ethyl adjacent to an activating group) is 1. The smallest absolute Gasteiger partial charge is 0.289 e. The molecule has 1 amide bonds. The molecule has 1 aliphatic heterocycles. The number of nitrogens with zero attached hydrogens (tertiary/aromatic N) is 2. The van der Waals surface area contributed by atoms with Crippen molar-refractivity contribution in [1.29, 1.82) is 0 Å². The van der Waals surface area contributed by atoms with E-state index < -0.39 is 0 Å². The molecule has 22 heavy (non-hydrogen) atoms. The van der Waals surface area contributed by atoms with Gasteiger partial charge in [0.2, 0.25) is 11.7 Å². The zero-order chi connectivity index (χ0) is 16.3. The number of rotatable bonds is 5. The number of oxazole rings is 1. The highest BCUT2D eigenvalue weighted by molar-refractivity contribution is 5.92. The third kappa shape index (κ3) is 4.55. The van der Waals surface area contributed by atoms with Crippen molar-refractivity contribution in [1.82, 2.24) is 15.2 Å². The fourth-order valence-corrected chi connectivity index (χ4v) is 2.49. The molecule has 6 nitrogen and oxygen atoms in total. The van der Waals surface area contributed by atoms with E-state index in [1.54, 1.807) is 6.92 Å². The fourth-order valence-electron chi connectivity index (χ4n) is 2.49. The number of ether oxygens (including phenoxy) is 1. The second-order valence-electron chi connectivity index (χ2n) is 6.78. The molecule has 2 heterocycles. The van der Waals surface area contributed by atoms with Crippen LogP contribution in [-0.4, -0.2) is 47.1 Å². The molecular formula is C16H27N3O3. The standard InChI is InChI=1S/C16H27N3O3/c1-6-19-8-7-12(9-19)18-15(20)14-11(2)17-13(22-14)10-21-16(3,4)5/h12H,6-10H2,1-5H3,(H,18,20). The highest BCUT2D eigenvalue weighted by Crippen LogP contribution is 2.16. The van der Waals surface area contributed by atoms with Gasteiger partial charge in [0.1, 0.15) is 6.61 Å². The second-order valence-corrected chi connectivity index (χ2v) is 6.78. The molecule has 1 aromatic heterocycles. The molecule has 1 aliphatic rings. The van der Waals surface area contributed by atoms with Crippen LogP contribution in [0.5, 0.6) is 0 Å². The van der Waals surface area contributed by atoms with Crippen LogP contribution in [0.4, 0.5) is 0 Å². The summed E-state index contributed by atoms with van der Waals surface area (Å²) in [5.41, 5.74) is 0.341. The Kier molecular flexibility index (Phi) is 5.24. The van der Waals surface area contributed by atoms with Crippen molar-refractivity contribution in [3.05, 3.63) is 17.3 Å². The zero-order valence-corrected chi connectivity index (χ0v) is 14.2. The van der Waals surface area contributed by atoms with Crippen LogP contribution >= 0.6 is 0 Å². The summed E-state index contributed by atoms with van der Waals surface area (Å²) < 4.78 is 11.2. The summed E-state index contributed by atoms with van der Waals surface area (Å²) in [6, 6.07) is 0.186. The van der Waals surface area contributed by atoms with Gasteiger partial charge in [-0.1, -0.05) is 6.92 Å². The van der Waals surface area contributed by atoms with Gasteiger partial charge in [0.25, 0.3) is 5.91 Å². The van der Waals surface area contributed by atoms with E-state index in [0.717, 1.165) is 26.1 Å². The molecule has 1 fully saturated rings. The highest BCUT2D eigenvalue weighted by atomic mass is 16.5. The minimum atomic E-state index is -0.266. The lowest BCUT2D eigenvalue weighted by Gasteiger charge is -2.17. The van der Waals surface area contributed by atoms with E-state index in [-0.39, 0.29) is 24.2 Å². The minimum Gasteiger partial charge on any atom is -0.433 e. The number of likely N-dealkylation sites (tertiary alicyclic amines) is 1. The molecule has 0 aliphatic carbocycles. The lowest BCUT2D eigenvalue weighted by atomic mass is 10.2. The monoisotopic (exact) mass is 309 g/mol. The lowest BCUT2D eigenvalue weighted by molar-refractivity contribution is -0.0245. The van der Waals surface area contributed by atoms with Gasteiger partial charge in [-0.2, -0.15) is 0 Å². The number of aromatic nitrogens is 1. The van der Waals surface area contributed by atoms with Crippen molar-refractivity contribution in [2.75, 3.05) is 19.6 Å². The summed E-state index contributed by atoms with van der Waals surface area (Å²) >= 11 is 0. The van der Waals surface area contributed by atoms with E-state index in [2.05, 4.69) is 22.1 Å². The number of hydrogen-bond donors (Lipinski definition) is 1. The first-order chi connectivity index (χ1) is 10.3. The van der Waals surface area contributed by atoms with Crippen LogP contribution < -0.4 is 5.32 Å². The van der Waals surface area contributed by atoms with Gasteiger partial charge >= 0.3 is 0 Å². The van der Waals surface area contributed by atoms with E-state index in [1.807, 2.05) is 20.8 Å². The van der Waals surface area contributed by atoms with Gasteiger partial charge in [-0.3, -0.25) is 4.79 Å². The molecule has 0 saturated carbocycles. The molecule has 1 aromatic rings. The third-order valence-corrected chi connectivity index (χ3v) is 3.73. The van der Waals surface area contributed by atoms with E-state index in [1.165, 1.54) is 0 Å². The van der Waals surface area contributed by atoms with E-state index >= 15 is 0 Å². The predicted octanol–water partition coefficient (Wildman–Crippen LogP) is 2.12. The Labute approximate surface area is 132 Å². The number of amides is 1. The number of aryl methyl sites for hydroxylation is 1. The van der Waals surface area contributed by atoms with Crippen LogP contribution in [0.25, 0.3) is 0 Å². The number of carbonyl (C=O) groups excluding carboxylic acids is 1. The van der Waals surface area contributed by atoms with Gasteiger partial charge in [0, 0.05) is 19.1 Å². The molecule has 0 spiro atoms. The Morgan fingerprint density at radius 1 is 1.50 bits per heavy atom. The van der Waals surface area contributed by atoms with Gasteiger partial charge in [0.05, 0.1) is 11.3 Å². The van der Waals surface area contributed by atoms with Crippen LogP contribution in [-0.2, 0) is 11.3 Å². The summed E-state index contributed by atoms with van der Waals surface area (Å²) in [6.07, 6.45) is 0.979. The van der Waals surface area contributed by atoms with Crippen molar-refractivity contribution >= 4 is 5.91 Å². The van der Waals surface area contributed by atoms with Crippen LogP contribution in [0.1, 0.15) is 56.3 Å². The Bertz CT molecular complexity index is 519. The zero-order valence-electron chi connectivity index (χ0n) is 14.2. The second kappa shape index (κ2) is 6.79. The molecule has 0 bridgehead atoms. The first-order valence-corrected chi connectivity index (χ1v) is 7.92. The molecule has 1 N–H and O–H groups in total. The molecular weight excluding hydrogens is 282 g/mol. The molecule has 1 unspecified atom stereocenters. The van der Waals surface area contributed by atoms with Crippen LogP contribution in [0.15, 0.2) is 4.42 Å². The maximum atomic E-state index is 12.3. The van der Waals surface area contributed by atoms with Crippen molar-refractivity contribution in [2.45, 2.75) is 59.3 Å². The van der Waals surface area contributed by atoms with Gasteiger partial charge < -0.3 is 19.4 Å². The fraction of sp³-hybridized carbons (Fsp3) is 0.750. The predicted molar refractivity (Wildman–Crippen MR) is 83.8 cm³/mol. The normalized spacial score (nSPS) is 19.6. The van der Waals surface area contributed by atoms with E-state index in [0.29, 0.717) is 17.3 Å². The number of nitrogens with one attached hydrogen (secondary N) is 1. The molecule has 2 rings (SSSR count). The Hall–Kier alpha value is -1.40. The Morgan fingerprint density at radius 2 is 2.23 bits per heavy atom. The molecule has 6 heteroatoms. The maximum Gasteiger partial charge on any atom is 0.289 e. The van der Waals surface area contributed by atoms with Gasteiger partial charge in [0.15, 0.2) is 0 Å². The van der Waals surface area contributed by atoms with Gasteiger partial charge in [-0.25, -0.2) is 4.98 Å². The quantitative estimate of drug-likeness (QED) is 0.902. The minimum absolute atomic E-state index is 0.185.